The van der Waals surface area contributed by atoms with E-state index in [4.69, 9.17) is 0 Å². The van der Waals surface area contributed by atoms with E-state index < -0.39 is 0 Å². The van der Waals surface area contributed by atoms with Crippen molar-refractivity contribution in [1.82, 2.24) is 10.2 Å². The van der Waals surface area contributed by atoms with E-state index in [-0.39, 0.29) is 0 Å². The molecule has 2 atom stereocenters. The summed E-state index contributed by atoms with van der Waals surface area (Å²) in [6, 6.07) is 0.886. The predicted molar refractivity (Wildman–Crippen MR) is 69.7 cm³/mol. The number of hydrogen-bond donors (Lipinski definition) is 1. The van der Waals surface area contributed by atoms with Crippen LogP contribution in [-0.4, -0.2) is 37.6 Å². The fraction of sp³-hybridized carbons (Fsp3) is 1.00. The van der Waals surface area contributed by atoms with E-state index in [9.17, 15) is 0 Å². The molecule has 94 valence electrons. The molecule has 2 nitrogen and oxygen atoms in total. The molecule has 0 aromatic heterocycles. The summed E-state index contributed by atoms with van der Waals surface area (Å²) in [5.41, 5.74) is 0. The Balaban J connectivity index is 1.68. The van der Waals surface area contributed by atoms with E-state index in [0.29, 0.717) is 0 Å². The van der Waals surface area contributed by atoms with Gasteiger partial charge in [0.05, 0.1) is 0 Å². The topological polar surface area (TPSA) is 15.3 Å². The first-order chi connectivity index (χ1) is 7.86. The number of hydrogen-bond acceptors (Lipinski definition) is 2. The van der Waals surface area contributed by atoms with Gasteiger partial charge in [0.15, 0.2) is 0 Å². The Morgan fingerprint density at radius 1 is 1.06 bits per heavy atom. The Morgan fingerprint density at radius 3 is 2.81 bits per heavy atom. The SMILES string of the molecule is CN1CCCCC1CCC1CCCCNC1. The zero-order valence-electron chi connectivity index (χ0n) is 10.9. The Hall–Kier alpha value is -0.0800. The van der Waals surface area contributed by atoms with Crippen LogP contribution in [0.25, 0.3) is 0 Å². The molecule has 2 aliphatic rings. The molecule has 0 spiro atoms. The Bertz CT molecular complexity index is 185. The first kappa shape index (κ1) is 12.4. The van der Waals surface area contributed by atoms with E-state index in [1.54, 1.807) is 0 Å². The third kappa shape index (κ3) is 3.74. The maximum Gasteiger partial charge on any atom is 0.00923 e. The molecule has 2 aliphatic heterocycles. The van der Waals surface area contributed by atoms with Gasteiger partial charge in [-0.2, -0.15) is 0 Å². The smallest absolute Gasteiger partial charge is 0.00923 e. The van der Waals surface area contributed by atoms with Crippen molar-refractivity contribution in [3.8, 4) is 0 Å². The van der Waals surface area contributed by atoms with Crippen molar-refractivity contribution in [2.24, 2.45) is 5.92 Å². The molecular weight excluding hydrogens is 196 g/mol. The van der Waals surface area contributed by atoms with Gasteiger partial charge in [-0.3, -0.25) is 0 Å². The summed E-state index contributed by atoms with van der Waals surface area (Å²) in [6.07, 6.45) is 11.5. The van der Waals surface area contributed by atoms with Gasteiger partial charge in [0.2, 0.25) is 0 Å². The lowest BCUT2D eigenvalue weighted by atomic mass is 9.91. The standard InChI is InChI=1S/C14H28N2/c1-16-11-5-3-7-14(16)9-8-13-6-2-4-10-15-12-13/h13-15H,2-12H2,1H3. The summed E-state index contributed by atoms with van der Waals surface area (Å²) in [7, 11) is 2.31. The monoisotopic (exact) mass is 224 g/mol. The number of piperidine rings is 1. The molecule has 2 rings (SSSR count). The maximum atomic E-state index is 3.58. The first-order valence-corrected chi connectivity index (χ1v) is 7.27. The lowest BCUT2D eigenvalue weighted by Crippen LogP contribution is -2.36. The van der Waals surface area contributed by atoms with E-state index in [2.05, 4.69) is 17.3 Å². The van der Waals surface area contributed by atoms with Crippen molar-refractivity contribution in [1.29, 1.82) is 0 Å². The van der Waals surface area contributed by atoms with Crippen molar-refractivity contribution in [2.45, 2.75) is 57.4 Å². The summed E-state index contributed by atoms with van der Waals surface area (Å²) in [6.45, 7) is 3.85. The van der Waals surface area contributed by atoms with E-state index >= 15 is 0 Å². The zero-order chi connectivity index (χ0) is 11.2. The minimum Gasteiger partial charge on any atom is -0.316 e. The molecule has 1 N–H and O–H groups in total. The molecule has 0 saturated carbocycles. The second-order valence-electron chi connectivity index (χ2n) is 5.77. The minimum atomic E-state index is 0.886. The highest BCUT2D eigenvalue weighted by atomic mass is 15.1. The van der Waals surface area contributed by atoms with Gasteiger partial charge >= 0.3 is 0 Å². The Kier molecular flexibility index (Phi) is 5.11. The molecule has 2 saturated heterocycles. The third-order valence-electron chi connectivity index (χ3n) is 4.48. The van der Waals surface area contributed by atoms with E-state index in [0.717, 1.165) is 12.0 Å². The quantitative estimate of drug-likeness (QED) is 0.793. The van der Waals surface area contributed by atoms with Gasteiger partial charge in [0.1, 0.15) is 0 Å². The molecule has 0 radical (unpaired) electrons. The highest BCUT2D eigenvalue weighted by Crippen LogP contribution is 2.23. The molecular formula is C14H28N2. The third-order valence-corrected chi connectivity index (χ3v) is 4.48. The number of nitrogens with zero attached hydrogens (tertiary/aromatic N) is 1. The highest BCUT2D eigenvalue weighted by Gasteiger charge is 2.20. The second kappa shape index (κ2) is 6.61. The maximum absolute atomic E-state index is 3.58. The average Bonchev–Trinajstić information content (AvgIpc) is 2.56. The van der Waals surface area contributed by atoms with Gasteiger partial charge in [-0.1, -0.05) is 12.8 Å². The van der Waals surface area contributed by atoms with Crippen molar-refractivity contribution >= 4 is 0 Å². The van der Waals surface area contributed by atoms with Crippen LogP contribution in [0.1, 0.15) is 51.4 Å². The van der Waals surface area contributed by atoms with Crippen LogP contribution >= 0.6 is 0 Å². The van der Waals surface area contributed by atoms with Crippen LogP contribution in [0.15, 0.2) is 0 Å². The van der Waals surface area contributed by atoms with Gasteiger partial charge in [-0.25, -0.2) is 0 Å². The lowest BCUT2D eigenvalue weighted by Gasteiger charge is -2.33. The molecule has 0 aliphatic carbocycles. The zero-order valence-corrected chi connectivity index (χ0v) is 10.9. The molecule has 0 amide bonds. The summed E-state index contributed by atoms with van der Waals surface area (Å²) in [5.74, 6) is 0.956. The van der Waals surface area contributed by atoms with Gasteiger partial charge in [0, 0.05) is 6.04 Å². The summed E-state index contributed by atoms with van der Waals surface area (Å²) >= 11 is 0. The van der Waals surface area contributed by atoms with Crippen molar-refractivity contribution in [3.05, 3.63) is 0 Å². The van der Waals surface area contributed by atoms with Gasteiger partial charge in [-0.05, 0) is 71.1 Å². The second-order valence-corrected chi connectivity index (χ2v) is 5.77. The van der Waals surface area contributed by atoms with Crippen molar-refractivity contribution in [3.63, 3.8) is 0 Å². The molecule has 2 unspecified atom stereocenters. The Morgan fingerprint density at radius 2 is 1.94 bits per heavy atom. The number of nitrogens with one attached hydrogen (secondary N) is 1. The van der Waals surface area contributed by atoms with Crippen molar-refractivity contribution < 1.29 is 0 Å². The first-order valence-electron chi connectivity index (χ1n) is 7.27. The molecule has 2 fully saturated rings. The molecule has 0 bridgehead atoms. The van der Waals surface area contributed by atoms with Gasteiger partial charge in [0.25, 0.3) is 0 Å². The molecule has 2 heterocycles. The van der Waals surface area contributed by atoms with E-state index in [1.807, 2.05) is 0 Å². The average molecular weight is 224 g/mol. The number of likely N-dealkylation sites (tertiary alicyclic amines) is 1. The van der Waals surface area contributed by atoms with Crippen LogP contribution < -0.4 is 5.32 Å². The fourth-order valence-corrected chi connectivity index (χ4v) is 3.27. The van der Waals surface area contributed by atoms with Crippen molar-refractivity contribution in [2.75, 3.05) is 26.7 Å². The number of rotatable bonds is 3. The molecule has 16 heavy (non-hydrogen) atoms. The summed E-state index contributed by atoms with van der Waals surface area (Å²) < 4.78 is 0. The minimum absolute atomic E-state index is 0.886. The van der Waals surface area contributed by atoms with Crippen LogP contribution in [0.2, 0.25) is 0 Å². The van der Waals surface area contributed by atoms with E-state index in [1.165, 1.54) is 71.0 Å². The van der Waals surface area contributed by atoms with Crippen LogP contribution in [0.4, 0.5) is 0 Å². The largest absolute Gasteiger partial charge is 0.316 e. The molecule has 0 aromatic rings. The lowest BCUT2D eigenvalue weighted by molar-refractivity contribution is 0.166. The highest BCUT2D eigenvalue weighted by molar-refractivity contribution is 4.76. The summed E-state index contributed by atoms with van der Waals surface area (Å²) in [4.78, 5) is 2.59. The molecule has 2 heteroatoms. The van der Waals surface area contributed by atoms with Gasteiger partial charge in [-0.15, -0.1) is 0 Å². The van der Waals surface area contributed by atoms with Crippen LogP contribution in [-0.2, 0) is 0 Å². The normalized spacial score (nSPS) is 33.6. The van der Waals surface area contributed by atoms with Crippen LogP contribution in [0.3, 0.4) is 0 Å². The molecule has 0 aromatic carbocycles. The predicted octanol–water partition coefficient (Wildman–Crippen LogP) is 2.64. The Labute approximate surface area is 101 Å². The fourth-order valence-electron chi connectivity index (χ4n) is 3.27. The van der Waals surface area contributed by atoms with Crippen LogP contribution in [0, 0.1) is 5.92 Å². The summed E-state index contributed by atoms with van der Waals surface area (Å²) in [5, 5.41) is 3.58. The van der Waals surface area contributed by atoms with Gasteiger partial charge < -0.3 is 10.2 Å². The van der Waals surface area contributed by atoms with Crippen LogP contribution in [0.5, 0.6) is 0 Å².